The van der Waals surface area contributed by atoms with Gasteiger partial charge in [0.2, 0.25) is 0 Å². The third-order valence-corrected chi connectivity index (χ3v) is 3.45. The van der Waals surface area contributed by atoms with Gasteiger partial charge in [-0.15, -0.1) is 0 Å². The van der Waals surface area contributed by atoms with Crippen molar-refractivity contribution in [1.82, 2.24) is 5.32 Å². The van der Waals surface area contributed by atoms with Crippen LogP contribution in [0.5, 0.6) is 5.75 Å². The Labute approximate surface area is 123 Å². The maximum atomic E-state index is 6.04. The SMILES string of the molecule is CCNCCCCCCOc1cc(Br)ccc1Cl. The molecule has 0 atom stereocenters. The maximum absolute atomic E-state index is 6.04. The van der Waals surface area contributed by atoms with E-state index in [4.69, 9.17) is 16.3 Å². The van der Waals surface area contributed by atoms with E-state index in [0.717, 1.165) is 36.3 Å². The summed E-state index contributed by atoms with van der Waals surface area (Å²) in [4.78, 5) is 0. The van der Waals surface area contributed by atoms with Gasteiger partial charge in [-0.2, -0.15) is 0 Å². The molecule has 0 radical (unpaired) electrons. The number of hydrogen-bond donors (Lipinski definition) is 1. The number of halogens is 2. The molecule has 0 aliphatic heterocycles. The van der Waals surface area contributed by atoms with Crippen LogP contribution in [-0.2, 0) is 0 Å². The Morgan fingerprint density at radius 2 is 2.00 bits per heavy atom. The van der Waals surface area contributed by atoms with Crippen molar-refractivity contribution in [1.29, 1.82) is 0 Å². The third kappa shape index (κ3) is 6.62. The molecule has 0 amide bonds. The number of benzene rings is 1. The van der Waals surface area contributed by atoms with Crippen LogP contribution in [0.1, 0.15) is 32.6 Å². The first-order chi connectivity index (χ1) is 8.74. The molecule has 0 saturated heterocycles. The molecule has 4 heteroatoms. The summed E-state index contributed by atoms with van der Waals surface area (Å²) in [7, 11) is 0. The fourth-order valence-electron chi connectivity index (χ4n) is 1.65. The van der Waals surface area contributed by atoms with Gasteiger partial charge in [0.05, 0.1) is 11.6 Å². The quantitative estimate of drug-likeness (QED) is 0.664. The minimum atomic E-state index is 0.672. The molecule has 1 rings (SSSR count). The van der Waals surface area contributed by atoms with Crippen molar-refractivity contribution in [2.24, 2.45) is 0 Å². The van der Waals surface area contributed by atoms with Gasteiger partial charge in [0, 0.05) is 4.47 Å². The lowest BCUT2D eigenvalue weighted by atomic mass is 10.2. The van der Waals surface area contributed by atoms with E-state index in [-0.39, 0.29) is 0 Å². The molecule has 2 nitrogen and oxygen atoms in total. The van der Waals surface area contributed by atoms with Crippen LogP contribution in [0.15, 0.2) is 22.7 Å². The van der Waals surface area contributed by atoms with Crippen LogP contribution in [0.4, 0.5) is 0 Å². The average molecular weight is 335 g/mol. The standard InChI is InChI=1S/C14H21BrClNO/c1-2-17-9-5-3-4-6-10-18-14-11-12(15)7-8-13(14)16/h7-8,11,17H,2-6,9-10H2,1H3. The molecule has 0 bridgehead atoms. The molecule has 0 unspecified atom stereocenters. The van der Waals surface area contributed by atoms with Gasteiger partial charge in [-0.3, -0.25) is 0 Å². The van der Waals surface area contributed by atoms with Crippen LogP contribution in [0, 0.1) is 0 Å². The molecule has 0 saturated carbocycles. The lowest BCUT2D eigenvalue weighted by Gasteiger charge is -2.08. The summed E-state index contributed by atoms with van der Waals surface area (Å²) in [6, 6.07) is 5.67. The number of nitrogens with one attached hydrogen (secondary N) is 1. The molecule has 0 aliphatic rings. The molecule has 0 heterocycles. The molecular weight excluding hydrogens is 314 g/mol. The summed E-state index contributed by atoms with van der Waals surface area (Å²) in [5.41, 5.74) is 0. The van der Waals surface area contributed by atoms with E-state index in [1.807, 2.05) is 18.2 Å². The molecule has 0 fully saturated rings. The molecule has 18 heavy (non-hydrogen) atoms. The van der Waals surface area contributed by atoms with Gasteiger partial charge < -0.3 is 10.1 Å². The third-order valence-electron chi connectivity index (χ3n) is 2.65. The van der Waals surface area contributed by atoms with E-state index in [1.54, 1.807) is 0 Å². The van der Waals surface area contributed by atoms with Gasteiger partial charge >= 0.3 is 0 Å². The molecule has 102 valence electrons. The van der Waals surface area contributed by atoms with Gasteiger partial charge in [-0.1, -0.05) is 47.3 Å². The number of ether oxygens (including phenoxy) is 1. The molecular formula is C14H21BrClNO. The van der Waals surface area contributed by atoms with E-state index in [9.17, 15) is 0 Å². The Morgan fingerprint density at radius 1 is 1.22 bits per heavy atom. The topological polar surface area (TPSA) is 21.3 Å². The number of rotatable bonds is 9. The van der Waals surface area contributed by atoms with Crippen LogP contribution >= 0.6 is 27.5 Å². The summed E-state index contributed by atoms with van der Waals surface area (Å²) >= 11 is 9.45. The van der Waals surface area contributed by atoms with Crippen molar-refractivity contribution in [3.63, 3.8) is 0 Å². The normalized spacial score (nSPS) is 10.6. The van der Waals surface area contributed by atoms with Gasteiger partial charge in [0.1, 0.15) is 5.75 Å². The average Bonchev–Trinajstić information content (AvgIpc) is 2.36. The van der Waals surface area contributed by atoms with Crippen molar-refractivity contribution < 1.29 is 4.74 Å². The molecule has 1 N–H and O–H groups in total. The van der Waals surface area contributed by atoms with Crippen LogP contribution in [0.25, 0.3) is 0 Å². The van der Waals surface area contributed by atoms with Crippen molar-refractivity contribution >= 4 is 27.5 Å². The summed E-state index contributed by atoms with van der Waals surface area (Å²) in [6.07, 6.45) is 4.78. The van der Waals surface area contributed by atoms with Gasteiger partial charge in [-0.25, -0.2) is 0 Å². The van der Waals surface area contributed by atoms with E-state index in [0.29, 0.717) is 5.02 Å². The van der Waals surface area contributed by atoms with E-state index in [2.05, 4.69) is 28.2 Å². The zero-order valence-electron chi connectivity index (χ0n) is 10.8. The molecule has 0 aromatic heterocycles. The van der Waals surface area contributed by atoms with Crippen molar-refractivity contribution in [2.45, 2.75) is 32.6 Å². The Hall–Kier alpha value is -0.250. The molecule has 0 aliphatic carbocycles. The second-order valence-corrected chi connectivity index (χ2v) is 5.51. The van der Waals surface area contributed by atoms with Crippen LogP contribution in [0.3, 0.4) is 0 Å². The van der Waals surface area contributed by atoms with Gasteiger partial charge in [-0.05, 0) is 44.1 Å². The Kier molecular flexibility index (Phi) is 8.47. The monoisotopic (exact) mass is 333 g/mol. The predicted molar refractivity (Wildman–Crippen MR) is 81.7 cm³/mol. The highest BCUT2D eigenvalue weighted by Crippen LogP contribution is 2.28. The minimum absolute atomic E-state index is 0.672. The second kappa shape index (κ2) is 9.65. The molecule has 0 spiro atoms. The zero-order chi connectivity index (χ0) is 13.2. The molecule has 1 aromatic rings. The molecule has 1 aromatic carbocycles. The largest absolute Gasteiger partial charge is 0.492 e. The maximum Gasteiger partial charge on any atom is 0.139 e. The van der Waals surface area contributed by atoms with E-state index >= 15 is 0 Å². The van der Waals surface area contributed by atoms with Gasteiger partial charge in [0.25, 0.3) is 0 Å². The highest BCUT2D eigenvalue weighted by Gasteiger charge is 2.01. The van der Waals surface area contributed by atoms with Crippen LogP contribution in [-0.4, -0.2) is 19.7 Å². The van der Waals surface area contributed by atoms with Crippen molar-refractivity contribution in [3.8, 4) is 5.75 Å². The van der Waals surface area contributed by atoms with Crippen LogP contribution < -0.4 is 10.1 Å². The minimum Gasteiger partial charge on any atom is -0.492 e. The Morgan fingerprint density at radius 3 is 2.78 bits per heavy atom. The lowest BCUT2D eigenvalue weighted by molar-refractivity contribution is 0.304. The van der Waals surface area contributed by atoms with Crippen LogP contribution in [0.2, 0.25) is 5.02 Å². The zero-order valence-corrected chi connectivity index (χ0v) is 13.2. The summed E-state index contributed by atoms with van der Waals surface area (Å²) < 4.78 is 6.66. The second-order valence-electron chi connectivity index (χ2n) is 4.19. The predicted octanol–water partition coefficient (Wildman–Crippen LogP) is 4.65. The first-order valence-corrected chi connectivity index (χ1v) is 7.69. The van der Waals surface area contributed by atoms with Gasteiger partial charge in [0.15, 0.2) is 0 Å². The van der Waals surface area contributed by atoms with E-state index < -0.39 is 0 Å². The summed E-state index contributed by atoms with van der Waals surface area (Å²) in [6.45, 7) is 5.05. The fourth-order valence-corrected chi connectivity index (χ4v) is 2.16. The smallest absolute Gasteiger partial charge is 0.139 e. The Balaban J connectivity index is 2.09. The lowest BCUT2D eigenvalue weighted by Crippen LogP contribution is -2.13. The summed E-state index contributed by atoms with van der Waals surface area (Å²) in [5, 5.41) is 4.00. The first-order valence-electron chi connectivity index (χ1n) is 6.52. The Bertz CT molecular complexity index is 347. The number of unbranched alkanes of at least 4 members (excludes halogenated alkanes) is 3. The van der Waals surface area contributed by atoms with Crippen molar-refractivity contribution in [2.75, 3.05) is 19.7 Å². The first kappa shape index (κ1) is 15.8. The fraction of sp³-hybridized carbons (Fsp3) is 0.571. The van der Waals surface area contributed by atoms with E-state index in [1.165, 1.54) is 19.3 Å². The number of hydrogen-bond acceptors (Lipinski definition) is 2. The summed E-state index contributed by atoms with van der Waals surface area (Å²) in [5.74, 6) is 0.763. The van der Waals surface area contributed by atoms with Crippen molar-refractivity contribution in [3.05, 3.63) is 27.7 Å². The highest BCUT2D eigenvalue weighted by molar-refractivity contribution is 9.10. The highest BCUT2D eigenvalue weighted by atomic mass is 79.9.